The second kappa shape index (κ2) is 4.61. The molecule has 16 heavy (non-hydrogen) atoms. The first-order valence-electron chi connectivity index (χ1n) is 5.24. The molecule has 2 aromatic rings. The summed E-state index contributed by atoms with van der Waals surface area (Å²) in [6, 6.07) is 4.25. The number of furan rings is 1. The van der Waals surface area contributed by atoms with Gasteiger partial charge in [-0.05, 0) is 12.1 Å². The summed E-state index contributed by atoms with van der Waals surface area (Å²) in [6.07, 6.45) is 1.69. The van der Waals surface area contributed by atoms with Crippen molar-refractivity contribution in [3.05, 3.63) is 29.5 Å². The van der Waals surface area contributed by atoms with Crippen molar-refractivity contribution < 1.29 is 4.42 Å². The molecule has 0 spiro atoms. The van der Waals surface area contributed by atoms with Crippen molar-refractivity contribution in [2.75, 3.05) is 18.1 Å². The summed E-state index contributed by atoms with van der Waals surface area (Å²) < 4.78 is 5.34. The lowest BCUT2D eigenvalue weighted by molar-refractivity contribution is 0.574. The first-order valence-corrected chi connectivity index (χ1v) is 7.27. The van der Waals surface area contributed by atoms with Crippen LogP contribution in [0.3, 0.4) is 0 Å². The molecule has 1 aliphatic heterocycles. The smallest absolute Gasteiger partial charge is 0.162 e. The van der Waals surface area contributed by atoms with Gasteiger partial charge < -0.3 is 9.73 Å². The Kier molecular flexibility index (Phi) is 2.99. The zero-order valence-corrected chi connectivity index (χ0v) is 10.3. The molecule has 1 saturated heterocycles. The van der Waals surface area contributed by atoms with Crippen LogP contribution in [-0.2, 0) is 0 Å². The summed E-state index contributed by atoms with van der Waals surface area (Å²) in [6.45, 7) is 1.07. The van der Waals surface area contributed by atoms with E-state index in [4.69, 9.17) is 4.42 Å². The van der Waals surface area contributed by atoms with Crippen LogP contribution in [0.4, 0.5) is 0 Å². The number of thiazole rings is 1. The molecule has 0 saturated carbocycles. The molecule has 3 nitrogen and oxygen atoms in total. The third-order valence-electron chi connectivity index (χ3n) is 2.53. The lowest BCUT2D eigenvalue weighted by Crippen LogP contribution is -2.30. The molecule has 1 N–H and O–H groups in total. The van der Waals surface area contributed by atoms with Gasteiger partial charge >= 0.3 is 0 Å². The van der Waals surface area contributed by atoms with E-state index in [1.807, 2.05) is 23.9 Å². The van der Waals surface area contributed by atoms with Gasteiger partial charge in [-0.1, -0.05) is 0 Å². The minimum absolute atomic E-state index is 0.402. The molecule has 1 fully saturated rings. The van der Waals surface area contributed by atoms with E-state index in [0.717, 1.165) is 28.8 Å². The van der Waals surface area contributed by atoms with E-state index >= 15 is 0 Å². The summed E-state index contributed by atoms with van der Waals surface area (Å²) in [4.78, 5) is 4.63. The van der Waals surface area contributed by atoms with E-state index in [9.17, 15) is 0 Å². The summed E-state index contributed by atoms with van der Waals surface area (Å²) in [5.41, 5.74) is 1.14. The van der Waals surface area contributed by atoms with Gasteiger partial charge in [0.25, 0.3) is 0 Å². The van der Waals surface area contributed by atoms with Gasteiger partial charge in [-0.3, -0.25) is 0 Å². The predicted molar refractivity (Wildman–Crippen MR) is 67.9 cm³/mol. The quantitative estimate of drug-likeness (QED) is 0.892. The number of thioether (sulfide) groups is 1. The Labute approximate surface area is 102 Å². The van der Waals surface area contributed by atoms with Gasteiger partial charge in [0.2, 0.25) is 0 Å². The first kappa shape index (κ1) is 10.4. The van der Waals surface area contributed by atoms with Crippen LogP contribution in [0.5, 0.6) is 0 Å². The largest absolute Gasteiger partial charge is 0.462 e. The SMILES string of the molecule is c1coc(-c2nc(C3CSCCN3)cs2)c1. The Morgan fingerprint density at radius 2 is 2.50 bits per heavy atom. The molecule has 3 heterocycles. The lowest BCUT2D eigenvalue weighted by atomic mass is 10.2. The van der Waals surface area contributed by atoms with Gasteiger partial charge in [0.15, 0.2) is 10.8 Å². The Balaban J connectivity index is 1.82. The molecule has 0 amide bonds. The standard InChI is InChI=1S/C11H12N2OS2/c1-2-10(14-4-1)11-13-9(7-16-11)8-6-15-5-3-12-8/h1-2,4,7-8,12H,3,5-6H2. The molecule has 3 rings (SSSR count). The van der Waals surface area contributed by atoms with Crippen LogP contribution in [0.25, 0.3) is 10.8 Å². The van der Waals surface area contributed by atoms with Crippen LogP contribution >= 0.6 is 23.1 Å². The average molecular weight is 252 g/mol. The van der Waals surface area contributed by atoms with Gasteiger partial charge in [-0.15, -0.1) is 11.3 Å². The Morgan fingerprint density at radius 1 is 1.50 bits per heavy atom. The van der Waals surface area contributed by atoms with Crippen LogP contribution in [-0.4, -0.2) is 23.0 Å². The fourth-order valence-corrected chi connectivity index (χ4v) is 3.51. The van der Waals surface area contributed by atoms with E-state index in [0.29, 0.717) is 6.04 Å². The maximum atomic E-state index is 5.34. The number of nitrogens with zero attached hydrogens (tertiary/aromatic N) is 1. The molecule has 2 aromatic heterocycles. The van der Waals surface area contributed by atoms with Crippen LogP contribution in [0, 0.1) is 0 Å². The number of hydrogen-bond acceptors (Lipinski definition) is 5. The van der Waals surface area contributed by atoms with Gasteiger partial charge in [0, 0.05) is 23.4 Å². The molecule has 5 heteroatoms. The van der Waals surface area contributed by atoms with E-state index in [2.05, 4.69) is 15.7 Å². The number of rotatable bonds is 2. The van der Waals surface area contributed by atoms with E-state index < -0.39 is 0 Å². The molecular formula is C11H12N2OS2. The topological polar surface area (TPSA) is 38.1 Å². The molecule has 84 valence electrons. The monoisotopic (exact) mass is 252 g/mol. The third kappa shape index (κ3) is 2.03. The summed E-state index contributed by atoms with van der Waals surface area (Å²) in [5, 5.41) is 6.58. The van der Waals surface area contributed by atoms with Gasteiger partial charge in [0.05, 0.1) is 18.0 Å². The molecular weight excluding hydrogens is 240 g/mol. The summed E-state index contributed by atoms with van der Waals surface area (Å²) >= 11 is 3.63. The first-order chi connectivity index (χ1) is 7.93. The molecule has 0 bridgehead atoms. The second-order valence-electron chi connectivity index (χ2n) is 3.64. The zero-order valence-electron chi connectivity index (χ0n) is 8.68. The maximum Gasteiger partial charge on any atom is 0.162 e. The van der Waals surface area contributed by atoms with Crippen molar-refractivity contribution in [3.8, 4) is 10.8 Å². The second-order valence-corrected chi connectivity index (χ2v) is 5.64. The van der Waals surface area contributed by atoms with Crippen LogP contribution in [0.15, 0.2) is 28.2 Å². The van der Waals surface area contributed by atoms with Crippen LogP contribution in [0.2, 0.25) is 0 Å². The molecule has 1 aliphatic rings. The Hall–Kier alpha value is -0.780. The van der Waals surface area contributed by atoms with Crippen molar-refractivity contribution >= 4 is 23.1 Å². The van der Waals surface area contributed by atoms with Gasteiger partial charge in [0.1, 0.15) is 0 Å². The van der Waals surface area contributed by atoms with Gasteiger partial charge in [-0.25, -0.2) is 4.98 Å². The molecule has 1 unspecified atom stereocenters. The molecule has 0 aliphatic carbocycles. The highest BCUT2D eigenvalue weighted by atomic mass is 32.2. The highest BCUT2D eigenvalue weighted by Crippen LogP contribution is 2.28. The van der Waals surface area contributed by atoms with E-state index in [1.165, 1.54) is 5.75 Å². The lowest BCUT2D eigenvalue weighted by Gasteiger charge is -2.21. The van der Waals surface area contributed by atoms with Crippen molar-refractivity contribution in [1.29, 1.82) is 0 Å². The minimum Gasteiger partial charge on any atom is -0.462 e. The van der Waals surface area contributed by atoms with Crippen molar-refractivity contribution in [2.45, 2.75) is 6.04 Å². The molecule has 0 aromatic carbocycles. The van der Waals surface area contributed by atoms with Crippen molar-refractivity contribution in [1.82, 2.24) is 10.3 Å². The molecule has 0 radical (unpaired) electrons. The summed E-state index contributed by atoms with van der Waals surface area (Å²) in [7, 11) is 0. The van der Waals surface area contributed by atoms with Gasteiger partial charge in [-0.2, -0.15) is 11.8 Å². The zero-order chi connectivity index (χ0) is 10.8. The van der Waals surface area contributed by atoms with Crippen LogP contribution in [0.1, 0.15) is 11.7 Å². The van der Waals surface area contributed by atoms with Crippen LogP contribution < -0.4 is 5.32 Å². The fraction of sp³-hybridized carbons (Fsp3) is 0.364. The highest BCUT2D eigenvalue weighted by Gasteiger charge is 2.18. The van der Waals surface area contributed by atoms with E-state index in [1.54, 1.807) is 17.6 Å². The number of hydrogen-bond donors (Lipinski definition) is 1. The number of nitrogens with one attached hydrogen (secondary N) is 1. The van der Waals surface area contributed by atoms with Crippen molar-refractivity contribution in [2.24, 2.45) is 0 Å². The highest BCUT2D eigenvalue weighted by molar-refractivity contribution is 7.99. The Morgan fingerprint density at radius 3 is 3.25 bits per heavy atom. The minimum atomic E-state index is 0.402. The van der Waals surface area contributed by atoms with Crippen molar-refractivity contribution in [3.63, 3.8) is 0 Å². The fourth-order valence-electron chi connectivity index (χ4n) is 1.72. The number of aromatic nitrogens is 1. The molecule has 1 atom stereocenters. The predicted octanol–water partition coefficient (Wildman–Crippen LogP) is 2.78. The third-order valence-corrected chi connectivity index (χ3v) is 4.47. The van der Waals surface area contributed by atoms with E-state index in [-0.39, 0.29) is 0 Å². The maximum absolute atomic E-state index is 5.34. The normalized spacial score (nSPS) is 21.1. The Bertz CT molecular complexity index is 446. The summed E-state index contributed by atoms with van der Waals surface area (Å²) in [5.74, 6) is 3.17. The average Bonchev–Trinajstić information content (AvgIpc) is 3.01.